The van der Waals surface area contributed by atoms with E-state index in [0.717, 1.165) is 0 Å². The lowest BCUT2D eigenvalue weighted by molar-refractivity contribution is -0.138. The van der Waals surface area contributed by atoms with Crippen LogP contribution in [0.25, 0.3) is 0 Å². The van der Waals surface area contributed by atoms with Crippen molar-refractivity contribution in [2.45, 2.75) is 18.9 Å². The highest BCUT2D eigenvalue weighted by atomic mass is 32.2. The summed E-state index contributed by atoms with van der Waals surface area (Å²) in [6, 6.07) is -0.647. The van der Waals surface area contributed by atoms with Gasteiger partial charge in [-0.15, -0.1) is 0 Å². The van der Waals surface area contributed by atoms with Crippen molar-refractivity contribution in [3.05, 3.63) is 0 Å². The van der Waals surface area contributed by atoms with Gasteiger partial charge < -0.3 is 15.2 Å². The Kier molecular flexibility index (Phi) is 7.06. The number of aliphatic carboxylic acids is 1. The largest absolute Gasteiger partial charge is 0.481 e. The number of carboxylic acids is 1. The number of amides is 1. The van der Waals surface area contributed by atoms with Crippen molar-refractivity contribution in [3.8, 4) is 0 Å². The zero-order valence-electron chi connectivity index (χ0n) is 12.1. The lowest BCUT2D eigenvalue weighted by Crippen LogP contribution is -2.52. The molecule has 0 aromatic heterocycles. The van der Waals surface area contributed by atoms with Crippen LogP contribution in [0.3, 0.4) is 0 Å². The van der Waals surface area contributed by atoms with E-state index in [9.17, 15) is 18.0 Å². The molecule has 1 heterocycles. The van der Waals surface area contributed by atoms with Gasteiger partial charge in [-0.25, -0.2) is 8.42 Å². The Hall–Kier alpha value is -1.19. The number of carbonyl (C=O) groups is 2. The second-order valence-electron chi connectivity index (χ2n) is 5.03. The summed E-state index contributed by atoms with van der Waals surface area (Å²) in [6.45, 7) is 1.22. The Morgan fingerprint density at radius 3 is 2.76 bits per heavy atom. The average molecular weight is 322 g/mol. The highest BCUT2D eigenvalue weighted by Crippen LogP contribution is 2.14. The normalized spacial score (nSPS) is 21.9. The molecule has 0 saturated carbocycles. The first-order valence-corrected chi connectivity index (χ1v) is 8.58. The molecule has 122 valence electrons. The predicted molar refractivity (Wildman–Crippen MR) is 75.8 cm³/mol. The third-order valence-corrected chi connectivity index (χ3v) is 4.95. The fourth-order valence-electron chi connectivity index (χ4n) is 2.20. The minimum atomic E-state index is -3.22. The first kappa shape index (κ1) is 17.9. The van der Waals surface area contributed by atoms with Crippen LogP contribution in [0.4, 0.5) is 0 Å². The van der Waals surface area contributed by atoms with Crippen LogP contribution in [0.1, 0.15) is 12.8 Å². The third-order valence-electron chi connectivity index (χ3n) is 3.26. The van der Waals surface area contributed by atoms with Crippen LogP contribution in [0.5, 0.6) is 0 Å². The number of ether oxygens (including phenoxy) is 1. The second kappa shape index (κ2) is 8.30. The molecule has 0 spiro atoms. The standard InChI is InChI=1S/C12H22N2O6S/c1-20-5-2-3-13-11(15)8-14-4-6-21(18,19)9-10(14)7-12(16)17/h10H,2-9H2,1H3,(H,13,15)(H,16,17). The van der Waals surface area contributed by atoms with E-state index in [4.69, 9.17) is 9.84 Å². The van der Waals surface area contributed by atoms with Crippen LogP contribution in [0.15, 0.2) is 0 Å². The summed E-state index contributed by atoms with van der Waals surface area (Å²) < 4.78 is 28.0. The van der Waals surface area contributed by atoms with Crippen molar-refractivity contribution in [3.63, 3.8) is 0 Å². The Morgan fingerprint density at radius 2 is 2.14 bits per heavy atom. The van der Waals surface area contributed by atoms with Gasteiger partial charge in [-0.05, 0) is 6.42 Å². The molecule has 1 atom stereocenters. The smallest absolute Gasteiger partial charge is 0.304 e. The van der Waals surface area contributed by atoms with Crippen LogP contribution < -0.4 is 5.32 Å². The summed E-state index contributed by atoms with van der Waals surface area (Å²) in [6.07, 6.45) is 0.408. The second-order valence-corrected chi connectivity index (χ2v) is 7.26. The van der Waals surface area contributed by atoms with Crippen molar-refractivity contribution in [1.82, 2.24) is 10.2 Å². The maximum Gasteiger partial charge on any atom is 0.304 e. The van der Waals surface area contributed by atoms with Crippen LogP contribution in [0, 0.1) is 0 Å². The minimum Gasteiger partial charge on any atom is -0.481 e. The first-order chi connectivity index (χ1) is 9.84. The number of rotatable bonds is 8. The van der Waals surface area contributed by atoms with Crippen LogP contribution in [-0.2, 0) is 24.2 Å². The molecule has 1 fully saturated rings. The molecular weight excluding hydrogens is 300 g/mol. The van der Waals surface area contributed by atoms with E-state index in [1.807, 2.05) is 0 Å². The highest BCUT2D eigenvalue weighted by Gasteiger charge is 2.33. The van der Waals surface area contributed by atoms with Gasteiger partial charge >= 0.3 is 5.97 Å². The molecular formula is C12H22N2O6S. The molecule has 9 heteroatoms. The Bertz CT molecular complexity index is 464. The molecule has 1 unspecified atom stereocenters. The summed E-state index contributed by atoms with van der Waals surface area (Å²) in [5.41, 5.74) is 0. The van der Waals surface area contributed by atoms with E-state index in [1.54, 1.807) is 12.0 Å². The zero-order chi connectivity index (χ0) is 15.9. The lowest BCUT2D eigenvalue weighted by Gasteiger charge is -2.33. The van der Waals surface area contributed by atoms with Gasteiger partial charge in [-0.1, -0.05) is 0 Å². The molecule has 1 rings (SSSR count). The molecule has 0 aromatic carbocycles. The predicted octanol–water partition coefficient (Wildman–Crippen LogP) is -1.29. The number of methoxy groups -OCH3 is 1. The quantitative estimate of drug-likeness (QED) is 0.535. The molecule has 1 aliphatic rings. The van der Waals surface area contributed by atoms with Crippen molar-refractivity contribution in [2.24, 2.45) is 0 Å². The maximum atomic E-state index is 11.8. The Balaban J connectivity index is 2.50. The van der Waals surface area contributed by atoms with Gasteiger partial charge in [0.25, 0.3) is 0 Å². The molecule has 8 nitrogen and oxygen atoms in total. The van der Waals surface area contributed by atoms with E-state index in [1.165, 1.54) is 0 Å². The average Bonchev–Trinajstić information content (AvgIpc) is 2.37. The Morgan fingerprint density at radius 1 is 1.43 bits per heavy atom. The zero-order valence-corrected chi connectivity index (χ0v) is 12.9. The molecule has 1 saturated heterocycles. The van der Waals surface area contributed by atoms with Gasteiger partial charge in [0.05, 0.1) is 24.5 Å². The van der Waals surface area contributed by atoms with Gasteiger partial charge in [0.1, 0.15) is 0 Å². The fraction of sp³-hybridized carbons (Fsp3) is 0.833. The van der Waals surface area contributed by atoms with Crippen molar-refractivity contribution in [2.75, 3.05) is 44.9 Å². The molecule has 1 aliphatic heterocycles. The van der Waals surface area contributed by atoms with Gasteiger partial charge in [0.2, 0.25) is 5.91 Å². The van der Waals surface area contributed by atoms with E-state index in [-0.39, 0.29) is 36.9 Å². The van der Waals surface area contributed by atoms with E-state index in [0.29, 0.717) is 19.6 Å². The topological polar surface area (TPSA) is 113 Å². The molecule has 2 N–H and O–H groups in total. The van der Waals surface area contributed by atoms with Gasteiger partial charge in [0.15, 0.2) is 9.84 Å². The molecule has 1 amide bonds. The van der Waals surface area contributed by atoms with E-state index >= 15 is 0 Å². The van der Waals surface area contributed by atoms with Crippen molar-refractivity contribution >= 4 is 21.7 Å². The van der Waals surface area contributed by atoms with Crippen LogP contribution in [0.2, 0.25) is 0 Å². The Labute approximate surface area is 124 Å². The maximum absolute atomic E-state index is 11.8. The fourth-order valence-corrected chi connectivity index (χ4v) is 3.80. The number of sulfone groups is 1. The molecule has 0 aromatic rings. The SMILES string of the molecule is COCCCNC(=O)CN1CCS(=O)(=O)CC1CC(=O)O. The minimum absolute atomic E-state index is 0.0143. The van der Waals surface area contributed by atoms with Crippen molar-refractivity contribution in [1.29, 1.82) is 0 Å². The number of nitrogens with zero attached hydrogens (tertiary/aromatic N) is 1. The van der Waals surface area contributed by atoms with Crippen molar-refractivity contribution < 1.29 is 27.9 Å². The van der Waals surface area contributed by atoms with E-state index < -0.39 is 21.8 Å². The molecule has 0 aliphatic carbocycles. The molecule has 0 radical (unpaired) electrons. The van der Waals surface area contributed by atoms with Gasteiger partial charge in [-0.2, -0.15) is 0 Å². The van der Waals surface area contributed by atoms with E-state index in [2.05, 4.69) is 5.32 Å². The summed E-state index contributed by atoms with van der Waals surface area (Å²) in [5.74, 6) is -1.56. The third kappa shape index (κ3) is 6.87. The number of nitrogens with one attached hydrogen (secondary N) is 1. The van der Waals surface area contributed by atoms with Gasteiger partial charge in [0, 0.05) is 32.8 Å². The lowest BCUT2D eigenvalue weighted by atomic mass is 10.2. The summed E-state index contributed by atoms with van der Waals surface area (Å²) in [5, 5.41) is 11.6. The van der Waals surface area contributed by atoms with Crippen LogP contribution >= 0.6 is 0 Å². The van der Waals surface area contributed by atoms with Gasteiger partial charge in [-0.3, -0.25) is 14.5 Å². The summed E-state index contributed by atoms with van der Waals surface area (Å²) in [4.78, 5) is 24.2. The number of hydrogen-bond donors (Lipinski definition) is 2. The number of hydrogen-bond acceptors (Lipinski definition) is 6. The van der Waals surface area contributed by atoms with Crippen LogP contribution in [-0.4, -0.2) is 81.2 Å². The summed E-state index contributed by atoms with van der Waals surface area (Å²) in [7, 11) is -1.65. The molecule has 21 heavy (non-hydrogen) atoms. The number of carbonyl (C=O) groups excluding carboxylic acids is 1. The summed E-state index contributed by atoms with van der Waals surface area (Å²) >= 11 is 0. The number of carboxylic acid groups (broad SMARTS) is 1. The first-order valence-electron chi connectivity index (χ1n) is 6.76. The highest BCUT2D eigenvalue weighted by molar-refractivity contribution is 7.91. The monoisotopic (exact) mass is 322 g/mol. The molecule has 0 bridgehead atoms.